The van der Waals surface area contributed by atoms with E-state index in [2.05, 4.69) is 0 Å². The number of non-ortho nitro benzene ring substituents is 1. The molecule has 0 heterocycles. The van der Waals surface area contributed by atoms with Crippen molar-refractivity contribution in [2.24, 2.45) is 0 Å². The number of amides is 1. The van der Waals surface area contributed by atoms with Crippen LogP contribution in [-0.4, -0.2) is 41.0 Å². The Hall–Kier alpha value is -2.93. The van der Waals surface area contributed by atoms with Crippen molar-refractivity contribution in [1.29, 1.82) is 0 Å². The molecule has 0 aliphatic carbocycles. The molecule has 0 unspecified atom stereocenters. The van der Waals surface area contributed by atoms with Gasteiger partial charge in [-0.2, -0.15) is 0 Å². The number of carbonyl (C=O) groups excluding carboxylic acids is 1. The second-order valence-corrected chi connectivity index (χ2v) is 6.07. The second-order valence-electron chi connectivity index (χ2n) is 6.07. The third-order valence-corrected chi connectivity index (χ3v) is 4.11. The molecule has 1 N–H and O–H groups in total. The Bertz CT molecular complexity index is 762. The molecule has 2 rings (SSSR count). The number of carbonyl (C=O) groups is 1. The van der Waals surface area contributed by atoms with Crippen molar-refractivity contribution in [1.82, 2.24) is 4.90 Å². The Labute approximate surface area is 152 Å². The summed E-state index contributed by atoms with van der Waals surface area (Å²) >= 11 is 0. The number of hydrogen-bond donors (Lipinski definition) is 1. The van der Waals surface area contributed by atoms with E-state index in [0.717, 1.165) is 12.0 Å². The Morgan fingerprint density at radius 1 is 1.15 bits per heavy atom. The molecule has 0 radical (unpaired) electrons. The number of nitro benzene ring substituents is 1. The minimum Gasteiger partial charge on any atom is -0.508 e. The number of likely N-dealkylation sites (N-methyl/N-ethyl adjacent to an activating group) is 1. The van der Waals surface area contributed by atoms with Gasteiger partial charge in [0.1, 0.15) is 5.75 Å². The van der Waals surface area contributed by atoms with E-state index in [1.165, 1.54) is 17.0 Å². The summed E-state index contributed by atoms with van der Waals surface area (Å²) in [5.74, 6) is 0.0903. The summed E-state index contributed by atoms with van der Waals surface area (Å²) in [7, 11) is 1.65. The average Bonchev–Trinajstić information content (AvgIpc) is 2.63. The van der Waals surface area contributed by atoms with E-state index in [1.54, 1.807) is 31.3 Å². The van der Waals surface area contributed by atoms with Crippen LogP contribution in [0.2, 0.25) is 0 Å². The largest absolute Gasteiger partial charge is 0.508 e. The number of phenols is 1. The molecular formula is C19H23N3O4. The van der Waals surface area contributed by atoms with Crippen molar-refractivity contribution in [3.05, 3.63) is 64.2 Å². The van der Waals surface area contributed by atoms with Crippen LogP contribution >= 0.6 is 0 Å². The lowest BCUT2D eigenvalue weighted by Crippen LogP contribution is -2.38. The molecule has 26 heavy (non-hydrogen) atoms. The van der Waals surface area contributed by atoms with Gasteiger partial charge >= 0.3 is 0 Å². The monoisotopic (exact) mass is 357 g/mol. The van der Waals surface area contributed by atoms with E-state index in [0.29, 0.717) is 18.8 Å². The predicted molar refractivity (Wildman–Crippen MR) is 100 cm³/mol. The summed E-state index contributed by atoms with van der Waals surface area (Å²) in [6.45, 7) is 3.41. The van der Waals surface area contributed by atoms with Crippen molar-refractivity contribution in [3.8, 4) is 5.75 Å². The van der Waals surface area contributed by atoms with E-state index in [9.17, 15) is 20.0 Å². The van der Waals surface area contributed by atoms with Gasteiger partial charge in [0.2, 0.25) is 5.91 Å². The molecule has 0 saturated carbocycles. The zero-order chi connectivity index (χ0) is 19.1. The summed E-state index contributed by atoms with van der Waals surface area (Å²) in [5, 5.41) is 20.7. The van der Waals surface area contributed by atoms with Crippen LogP contribution in [0.3, 0.4) is 0 Å². The fourth-order valence-corrected chi connectivity index (χ4v) is 2.65. The van der Waals surface area contributed by atoms with Gasteiger partial charge in [-0.3, -0.25) is 19.8 Å². The summed E-state index contributed by atoms with van der Waals surface area (Å²) < 4.78 is 0. The first kappa shape index (κ1) is 19.4. The zero-order valence-corrected chi connectivity index (χ0v) is 15.0. The molecule has 0 atom stereocenters. The van der Waals surface area contributed by atoms with Crippen LogP contribution in [0.5, 0.6) is 5.75 Å². The molecule has 0 fully saturated rings. The highest BCUT2D eigenvalue weighted by Crippen LogP contribution is 2.20. The maximum atomic E-state index is 12.6. The van der Waals surface area contributed by atoms with Gasteiger partial charge in [-0.1, -0.05) is 25.1 Å². The first-order valence-corrected chi connectivity index (χ1v) is 8.42. The minimum absolute atomic E-state index is 0.0123. The van der Waals surface area contributed by atoms with Crippen LogP contribution < -0.4 is 4.90 Å². The molecular weight excluding hydrogens is 334 g/mol. The number of aromatic hydroxyl groups is 1. The Morgan fingerprint density at radius 2 is 1.81 bits per heavy atom. The summed E-state index contributed by atoms with van der Waals surface area (Å²) in [6.07, 6.45) is 0.877. The summed E-state index contributed by atoms with van der Waals surface area (Å²) in [6, 6.07) is 13.0. The van der Waals surface area contributed by atoms with Crippen molar-refractivity contribution in [2.75, 3.05) is 25.0 Å². The lowest BCUT2D eigenvalue weighted by molar-refractivity contribution is -0.384. The topological polar surface area (TPSA) is 86.9 Å². The van der Waals surface area contributed by atoms with E-state index in [-0.39, 0.29) is 23.9 Å². The molecule has 2 aromatic rings. The van der Waals surface area contributed by atoms with Gasteiger partial charge in [0.05, 0.1) is 11.5 Å². The minimum atomic E-state index is -0.471. The lowest BCUT2D eigenvalue weighted by Gasteiger charge is -2.25. The van der Waals surface area contributed by atoms with Crippen molar-refractivity contribution in [3.63, 3.8) is 0 Å². The van der Waals surface area contributed by atoms with Crippen molar-refractivity contribution >= 4 is 17.3 Å². The molecule has 2 aromatic carbocycles. The molecule has 7 heteroatoms. The van der Waals surface area contributed by atoms with Crippen LogP contribution in [0, 0.1) is 10.1 Å². The van der Waals surface area contributed by atoms with E-state index in [1.807, 2.05) is 24.0 Å². The normalized spacial score (nSPS) is 10.7. The highest BCUT2D eigenvalue weighted by molar-refractivity contribution is 5.94. The Balaban J connectivity index is 2.06. The summed E-state index contributed by atoms with van der Waals surface area (Å²) in [5.41, 5.74) is 1.35. The number of phenolic OH excluding ortho intramolecular Hbond substituents is 1. The molecule has 0 aromatic heterocycles. The molecule has 0 aliphatic heterocycles. The molecule has 0 saturated heterocycles. The van der Waals surface area contributed by atoms with Crippen LogP contribution in [-0.2, 0) is 11.3 Å². The van der Waals surface area contributed by atoms with Gasteiger partial charge in [-0.25, -0.2) is 0 Å². The smallest absolute Gasteiger partial charge is 0.269 e. The Kier molecular flexibility index (Phi) is 6.68. The van der Waals surface area contributed by atoms with Crippen molar-refractivity contribution < 1.29 is 14.8 Å². The van der Waals surface area contributed by atoms with Crippen LogP contribution in [0.15, 0.2) is 48.5 Å². The number of anilines is 1. The number of benzene rings is 2. The average molecular weight is 357 g/mol. The fourth-order valence-electron chi connectivity index (χ4n) is 2.65. The number of nitro groups is 1. The van der Waals surface area contributed by atoms with Gasteiger partial charge in [0, 0.05) is 37.0 Å². The van der Waals surface area contributed by atoms with Gasteiger partial charge < -0.3 is 10.0 Å². The third-order valence-electron chi connectivity index (χ3n) is 4.11. The van der Waals surface area contributed by atoms with Gasteiger partial charge in [0.25, 0.3) is 5.69 Å². The van der Waals surface area contributed by atoms with E-state index >= 15 is 0 Å². The molecule has 0 aliphatic rings. The van der Waals surface area contributed by atoms with Gasteiger partial charge in [0.15, 0.2) is 0 Å². The number of rotatable bonds is 8. The van der Waals surface area contributed by atoms with Crippen LogP contribution in [0.1, 0.15) is 18.9 Å². The maximum absolute atomic E-state index is 12.6. The van der Waals surface area contributed by atoms with Crippen LogP contribution in [0.25, 0.3) is 0 Å². The maximum Gasteiger partial charge on any atom is 0.269 e. The molecule has 7 nitrogen and oxygen atoms in total. The lowest BCUT2D eigenvalue weighted by atomic mass is 10.2. The molecule has 138 valence electrons. The number of para-hydroxylation sites is 1. The zero-order valence-electron chi connectivity index (χ0n) is 15.0. The SMILES string of the molecule is CCCN(CC(=O)N(C)c1ccc([N+](=O)[O-])cc1)Cc1ccccc1O. The predicted octanol–water partition coefficient (Wildman–Crippen LogP) is 3.18. The fraction of sp³-hybridized carbons (Fsp3) is 0.316. The van der Waals surface area contributed by atoms with Crippen LogP contribution in [0.4, 0.5) is 11.4 Å². The highest BCUT2D eigenvalue weighted by atomic mass is 16.6. The molecule has 0 bridgehead atoms. The quantitative estimate of drug-likeness (QED) is 0.579. The second kappa shape index (κ2) is 8.96. The van der Waals surface area contributed by atoms with Crippen molar-refractivity contribution in [2.45, 2.75) is 19.9 Å². The molecule has 0 spiro atoms. The highest BCUT2D eigenvalue weighted by Gasteiger charge is 2.17. The standard InChI is InChI=1S/C19H23N3O4/c1-3-12-21(13-15-6-4-5-7-18(15)23)14-19(24)20(2)16-8-10-17(11-9-16)22(25)26/h4-11,23H,3,12-14H2,1-2H3. The number of hydrogen-bond acceptors (Lipinski definition) is 5. The first-order valence-electron chi connectivity index (χ1n) is 8.42. The molecule has 1 amide bonds. The van der Waals surface area contributed by atoms with Gasteiger partial charge in [-0.15, -0.1) is 0 Å². The van der Waals surface area contributed by atoms with E-state index in [4.69, 9.17) is 0 Å². The first-order chi connectivity index (χ1) is 12.4. The van der Waals surface area contributed by atoms with E-state index < -0.39 is 4.92 Å². The summed E-state index contributed by atoms with van der Waals surface area (Å²) in [4.78, 5) is 26.3. The Morgan fingerprint density at radius 3 is 2.38 bits per heavy atom. The third kappa shape index (κ3) is 5.03. The van der Waals surface area contributed by atoms with Gasteiger partial charge in [-0.05, 0) is 31.2 Å². The number of nitrogens with zero attached hydrogens (tertiary/aromatic N) is 3.